The zero-order valence-corrected chi connectivity index (χ0v) is 10.8. The third-order valence-electron chi connectivity index (χ3n) is 3.00. The Morgan fingerprint density at radius 2 is 2.44 bits per heavy atom. The first-order chi connectivity index (χ1) is 7.69. The average molecular weight is 240 g/mol. The van der Waals surface area contributed by atoms with Crippen LogP contribution in [0.25, 0.3) is 0 Å². The summed E-state index contributed by atoms with van der Waals surface area (Å²) in [5, 5.41) is 0.735. The fraction of sp³-hybridized carbons (Fsp3) is 0.667. The van der Waals surface area contributed by atoms with Crippen molar-refractivity contribution in [2.75, 3.05) is 18.8 Å². The van der Waals surface area contributed by atoms with E-state index in [1.165, 1.54) is 5.75 Å². The van der Waals surface area contributed by atoms with Crippen LogP contribution in [0.1, 0.15) is 24.0 Å². The highest BCUT2D eigenvalue weighted by Crippen LogP contribution is 2.21. The minimum absolute atomic E-state index is 0.571. The van der Waals surface area contributed by atoms with E-state index < -0.39 is 0 Å². The second kappa shape index (κ2) is 5.25. The van der Waals surface area contributed by atoms with Gasteiger partial charge in [-0.3, -0.25) is 4.90 Å². The van der Waals surface area contributed by atoms with Gasteiger partial charge in [-0.15, -0.1) is 0 Å². The van der Waals surface area contributed by atoms with Gasteiger partial charge in [0.2, 0.25) is 0 Å². The second-order valence-electron chi connectivity index (χ2n) is 4.41. The smallest absolute Gasteiger partial charge is 0.118 e. The van der Waals surface area contributed by atoms with Crippen LogP contribution in [-0.4, -0.2) is 29.0 Å². The Morgan fingerprint density at radius 3 is 3.06 bits per heavy atom. The van der Waals surface area contributed by atoms with Gasteiger partial charge in [0.05, 0.1) is 6.54 Å². The number of aryl methyl sites for hydroxylation is 1. The summed E-state index contributed by atoms with van der Waals surface area (Å²) in [6.07, 6.45) is 0. The van der Waals surface area contributed by atoms with Crippen molar-refractivity contribution in [2.24, 2.45) is 5.73 Å². The minimum Gasteiger partial charge on any atom is -0.465 e. The molecular weight excluding hydrogens is 220 g/mol. The lowest BCUT2D eigenvalue weighted by Gasteiger charge is -2.29. The van der Waals surface area contributed by atoms with Crippen LogP contribution >= 0.6 is 11.8 Å². The molecule has 1 aliphatic heterocycles. The molecule has 0 aromatic carbocycles. The molecule has 1 aliphatic rings. The lowest BCUT2D eigenvalue weighted by Crippen LogP contribution is -2.35. The van der Waals surface area contributed by atoms with E-state index in [0.717, 1.165) is 42.0 Å². The molecule has 3 nitrogen and oxygen atoms in total. The highest BCUT2D eigenvalue weighted by Gasteiger charge is 2.18. The van der Waals surface area contributed by atoms with Crippen LogP contribution in [-0.2, 0) is 13.1 Å². The van der Waals surface area contributed by atoms with Gasteiger partial charge in [0.15, 0.2) is 0 Å². The molecule has 1 fully saturated rings. The van der Waals surface area contributed by atoms with E-state index in [9.17, 15) is 0 Å². The van der Waals surface area contributed by atoms with Crippen LogP contribution in [0.15, 0.2) is 10.5 Å². The number of nitrogens with zero attached hydrogens (tertiary/aromatic N) is 1. The third kappa shape index (κ3) is 2.81. The van der Waals surface area contributed by atoms with Crippen LogP contribution in [0.4, 0.5) is 0 Å². The Balaban J connectivity index is 1.97. The van der Waals surface area contributed by atoms with E-state index in [2.05, 4.69) is 29.7 Å². The molecule has 1 atom stereocenters. The van der Waals surface area contributed by atoms with Crippen molar-refractivity contribution in [2.45, 2.75) is 32.2 Å². The Hall–Kier alpha value is -0.450. The van der Waals surface area contributed by atoms with E-state index in [-0.39, 0.29) is 0 Å². The van der Waals surface area contributed by atoms with Gasteiger partial charge in [0.1, 0.15) is 11.5 Å². The zero-order chi connectivity index (χ0) is 11.5. The zero-order valence-electron chi connectivity index (χ0n) is 10.0. The fourth-order valence-electron chi connectivity index (χ4n) is 2.12. The molecule has 16 heavy (non-hydrogen) atoms. The highest BCUT2D eigenvalue weighted by atomic mass is 32.2. The van der Waals surface area contributed by atoms with Crippen molar-refractivity contribution >= 4 is 11.8 Å². The number of furan rings is 1. The molecule has 0 bridgehead atoms. The summed E-state index contributed by atoms with van der Waals surface area (Å²) in [7, 11) is 0. The van der Waals surface area contributed by atoms with E-state index in [4.69, 9.17) is 10.2 Å². The van der Waals surface area contributed by atoms with Crippen molar-refractivity contribution in [1.29, 1.82) is 0 Å². The average Bonchev–Trinajstić information content (AvgIpc) is 2.58. The topological polar surface area (TPSA) is 42.4 Å². The summed E-state index contributed by atoms with van der Waals surface area (Å²) in [5.41, 5.74) is 6.78. The normalized spacial score (nSPS) is 22.6. The molecule has 0 radical (unpaired) electrons. The molecule has 4 heteroatoms. The summed E-state index contributed by atoms with van der Waals surface area (Å²) in [6, 6.07) is 2.10. The molecule has 2 N–H and O–H groups in total. The summed E-state index contributed by atoms with van der Waals surface area (Å²) in [5.74, 6) is 3.25. The monoisotopic (exact) mass is 240 g/mol. The fourth-order valence-corrected chi connectivity index (χ4v) is 3.20. The maximum atomic E-state index is 5.72. The number of nitrogens with two attached hydrogens (primary N) is 1. The number of thioether (sulfide) groups is 1. The third-order valence-corrected chi connectivity index (χ3v) is 4.13. The molecule has 1 unspecified atom stereocenters. The standard InChI is InChI=1S/C12H20N2OS/c1-9-7-14(3-4-16-9)8-12-5-11(6-13)10(2)15-12/h5,9H,3-4,6-8,13H2,1-2H3. The Morgan fingerprint density at radius 1 is 1.62 bits per heavy atom. The molecule has 90 valence electrons. The summed E-state index contributed by atoms with van der Waals surface area (Å²) >= 11 is 2.05. The quantitative estimate of drug-likeness (QED) is 0.877. The lowest BCUT2D eigenvalue weighted by molar-refractivity contribution is 0.253. The summed E-state index contributed by atoms with van der Waals surface area (Å²) < 4.78 is 5.72. The summed E-state index contributed by atoms with van der Waals surface area (Å²) in [6.45, 7) is 8.08. The number of hydrogen-bond donors (Lipinski definition) is 1. The van der Waals surface area contributed by atoms with Gasteiger partial charge < -0.3 is 10.2 Å². The van der Waals surface area contributed by atoms with Gasteiger partial charge in [0.25, 0.3) is 0 Å². The predicted octanol–water partition coefficient (Wildman–Crippen LogP) is 1.98. The van der Waals surface area contributed by atoms with Crippen molar-refractivity contribution in [3.8, 4) is 0 Å². The molecule has 0 aliphatic carbocycles. The molecule has 0 saturated carbocycles. The minimum atomic E-state index is 0.571. The molecule has 0 amide bonds. The van der Waals surface area contributed by atoms with Crippen LogP contribution in [0.2, 0.25) is 0 Å². The maximum absolute atomic E-state index is 5.72. The van der Waals surface area contributed by atoms with E-state index >= 15 is 0 Å². The van der Waals surface area contributed by atoms with E-state index in [0.29, 0.717) is 6.54 Å². The van der Waals surface area contributed by atoms with Crippen LogP contribution in [0.5, 0.6) is 0 Å². The van der Waals surface area contributed by atoms with Crippen molar-refractivity contribution < 1.29 is 4.42 Å². The molecular formula is C12H20N2OS. The van der Waals surface area contributed by atoms with Crippen LogP contribution in [0.3, 0.4) is 0 Å². The van der Waals surface area contributed by atoms with Gasteiger partial charge >= 0.3 is 0 Å². The lowest BCUT2D eigenvalue weighted by atomic mass is 10.2. The Kier molecular flexibility index (Phi) is 3.95. The first-order valence-electron chi connectivity index (χ1n) is 5.81. The van der Waals surface area contributed by atoms with Gasteiger partial charge in [-0.1, -0.05) is 6.92 Å². The van der Waals surface area contributed by atoms with Crippen molar-refractivity contribution in [1.82, 2.24) is 4.90 Å². The van der Waals surface area contributed by atoms with Gasteiger partial charge in [-0.05, 0) is 13.0 Å². The molecule has 2 rings (SSSR count). The predicted molar refractivity (Wildman–Crippen MR) is 68.5 cm³/mol. The number of hydrogen-bond acceptors (Lipinski definition) is 4. The van der Waals surface area contributed by atoms with E-state index in [1.807, 2.05) is 6.92 Å². The van der Waals surface area contributed by atoms with Gasteiger partial charge in [-0.25, -0.2) is 0 Å². The first kappa shape index (κ1) is 12.0. The highest BCUT2D eigenvalue weighted by molar-refractivity contribution is 7.99. The van der Waals surface area contributed by atoms with Crippen molar-refractivity contribution in [3.05, 3.63) is 23.2 Å². The van der Waals surface area contributed by atoms with Crippen molar-refractivity contribution in [3.63, 3.8) is 0 Å². The Bertz CT molecular complexity index is 351. The molecule has 1 aromatic heterocycles. The molecule has 1 aromatic rings. The largest absolute Gasteiger partial charge is 0.465 e. The maximum Gasteiger partial charge on any atom is 0.118 e. The van der Waals surface area contributed by atoms with E-state index in [1.54, 1.807) is 0 Å². The van der Waals surface area contributed by atoms with Gasteiger partial charge in [0, 0.05) is 36.2 Å². The second-order valence-corrected chi connectivity index (χ2v) is 5.96. The molecule has 2 heterocycles. The molecule has 1 saturated heterocycles. The first-order valence-corrected chi connectivity index (χ1v) is 6.86. The molecule has 0 spiro atoms. The van der Waals surface area contributed by atoms with Gasteiger partial charge in [-0.2, -0.15) is 11.8 Å². The Labute approximate surface area is 101 Å². The number of rotatable bonds is 3. The van der Waals surface area contributed by atoms with Crippen LogP contribution in [0, 0.1) is 6.92 Å². The summed E-state index contributed by atoms with van der Waals surface area (Å²) in [4.78, 5) is 2.46. The van der Waals surface area contributed by atoms with Crippen LogP contribution < -0.4 is 5.73 Å². The SMILES string of the molecule is Cc1oc(CN2CCSC(C)C2)cc1CN.